The fraction of sp³-hybridized carbons (Fsp3) is 0.133. The minimum atomic E-state index is -0.511. The van der Waals surface area contributed by atoms with Gasteiger partial charge < -0.3 is 14.8 Å². The number of nitrogens with one attached hydrogen (secondary N) is 1. The summed E-state index contributed by atoms with van der Waals surface area (Å²) in [7, 11) is 0. The summed E-state index contributed by atoms with van der Waals surface area (Å²) in [6, 6.07) is 7.16. The molecule has 1 aliphatic rings. The van der Waals surface area contributed by atoms with Gasteiger partial charge in [0.25, 0.3) is 11.6 Å². The van der Waals surface area contributed by atoms with Crippen LogP contribution in [0.4, 0.5) is 11.4 Å². The Morgan fingerprint density at radius 2 is 1.96 bits per heavy atom. The van der Waals surface area contributed by atoms with Crippen LogP contribution in [0.2, 0.25) is 5.02 Å². The second-order valence-corrected chi connectivity index (χ2v) is 5.30. The molecule has 0 aromatic heterocycles. The lowest BCUT2D eigenvalue weighted by Crippen LogP contribution is -2.13. The van der Waals surface area contributed by atoms with Crippen molar-refractivity contribution in [3.63, 3.8) is 0 Å². The molecule has 0 saturated heterocycles. The zero-order chi connectivity index (χ0) is 16.6. The first-order valence-corrected chi connectivity index (χ1v) is 6.99. The molecule has 2 aromatic carbocycles. The Bertz CT molecular complexity index is 822. The number of anilines is 1. The zero-order valence-electron chi connectivity index (χ0n) is 12.0. The molecule has 1 N–H and O–H groups in total. The van der Waals surface area contributed by atoms with Gasteiger partial charge in [-0.2, -0.15) is 0 Å². The van der Waals surface area contributed by atoms with E-state index in [-0.39, 0.29) is 12.5 Å². The summed E-state index contributed by atoms with van der Waals surface area (Å²) in [5, 5.41) is 13.7. The Hall–Kier alpha value is -2.80. The van der Waals surface area contributed by atoms with Crippen molar-refractivity contribution >= 4 is 28.9 Å². The predicted molar refractivity (Wildman–Crippen MR) is 83.4 cm³/mol. The minimum absolute atomic E-state index is 0.0693. The van der Waals surface area contributed by atoms with Crippen LogP contribution >= 0.6 is 11.6 Å². The Labute approximate surface area is 135 Å². The van der Waals surface area contributed by atoms with E-state index in [1.54, 1.807) is 19.1 Å². The van der Waals surface area contributed by atoms with Gasteiger partial charge in [-0.05, 0) is 18.6 Å². The number of halogens is 1. The van der Waals surface area contributed by atoms with E-state index < -0.39 is 10.8 Å². The van der Waals surface area contributed by atoms with E-state index in [2.05, 4.69) is 5.32 Å². The number of hydrogen-bond acceptors (Lipinski definition) is 5. The first kappa shape index (κ1) is 15.1. The number of fused-ring (bicyclic) bond motifs is 1. The molecular formula is C15H11ClN2O5. The molecule has 0 saturated carbocycles. The van der Waals surface area contributed by atoms with Gasteiger partial charge in [-0.25, -0.2) is 0 Å². The van der Waals surface area contributed by atoms with Crippen LogP contribution < -0.4 is 14.8 Å². The highest BCUT2D eigenvalue weighted by Gasteiger charge is 2.19. The average molecular weight is 335 g/mol. The Morgan fingerprint density at radius 3 is 2.61 bits per heavy atom. The molecule has 1 heterocycles. The van der Waals surface area contributed by atoms with E-state index in [9.17, 15) is 14.9 Å². The van der Waals surface area contributed by atoms with Gasteiger partial charge in [-0.15, -0.1) is 0 Å². The van der Waals surface area contributed by atoms with Crippen LogP contribution in [0.5, 0.6) is 11.5 Å². The van der Waals surface area contributed by atoms with Gasteiger partial charge in [0, 0.05) is 29.8 Å². The number of hydrogen-bond donors (Lipinski definition) is 1. The van der Waals surface area contributed by atoms with Gasteiger partial charge in [0.05, 0.1) is 15.6 Å². The van der Waals surface area contributed by atoms with Crippen molar-refractivity contribution in [3.8, 4) is 11.5 Å². The molecule has 3 rings (SSSR count). The van der Waals surface area contributed by atoms with E-state index in [0.717, 1.165) is 0 Å². The van der Waals surface area contributed by atoms with Crippen molar-refractivity contribution in [2.24, 2.45) is 0 Å². The number of aryl methyl sites for hydroxylation is 1. The summed E-state index contributed by atoms with van der Waals surface area (Å²) < 4.78 is 10.4. The van der Waals surface area contributed by atoms with E-state index >= 15 is 0 Å². The van der Waals surface area contributed by atoms with Crippen molar-refractivity contribution in [3.05, 3.63) is 56.6 Å². The monoisotopic (exact) mass is 334 g/mol. The number of amides is 1. The second-order valence-electron chi connectivity index (χ2n) is 4.90. The Balaban J connectivity index is 1.86. The highest BCUT2D eigenvalue weighted by Crippen LogP contribution is 2.39. The SMILES string of the molecule is Cc1cc([N+](=O)[O-])ccc1C(=O)Nc1cc2c(cc1Cl)OCO2. The predicted octanol–water partition coefficient (Wildman–Crippen LogP) is 3.54. The van der Waals surface area contributed by atoms with Crippen LogP contribution in [0, 0.1) is 17.0 Å². The molecule has 118 valence electrons. The molecular weight excluding hydrogens is 324 g/mol. The summed E-state index contributed by atoms with van der Waals surface area (Å²) in [6.07, 6.45) is 0. The van der Waals surface area contributed by atoms with Gasteiger partial charge in [0.15, 0.2) is 11.5 Å². The van der Waals surface area contributed by atoms with Crippen LogP contribution in [-0.4, -0.2) is 17.6 Å². The smallest absolute Gasteiger partial charge is 0.269 e. The van der Waals surface area contributed by atoms with Crippen molar-refractivity contribution in [2.75, 3.05) is 12.1 Å². The lowest BCUT2D eigenvalue weighted by atomic mass is 10.1. The van der Waals surface area contributed by atoms with Gasteiger partial charge in [0.1, 0.15) is 0 Å². The molecule has 0 fully saturated rings. The highest BCUT2D eigenvalue weighted by atomic mass is 35.5. The molecule has 0 bridgehead atoms. The normalized spacial score (nSPS) is 12.1. The molecule has 0 aliphatic carbocycles. The summed E-state index contributed by atoms with van der Waals surface area (Å²) in [4.78, 5) is 22.6. The third-order valence-corrected chi connectivity index (χ3v) is 3.69. The molecule has 1 amide bonds. The summed E-state index contributed by atoms with van der Waals surface area (Å²) in [6.45, 7) is 1.73. The number of nitro groups is 1. The lowest BCUT2D eigenvalue weighted by molar-refractivity contribution is -0.384. The molecule has 2 aromatic rings. The van der Waals surface area contributed by atoms with Crippen molar-refractivity contribution < 1.29 is 19.2 Å². The summed E-state index contributed by atoms with van der Waals surface area (Å²) >= 11 is 6.11. The number of benzene rings is 2. The molecule has 7 nitrogen and oxygen atoms in total. The van der Waals surface area contributed by atoms with Crippen LogP contribution in [0.25, 0.3) is 0 Å². The number of rotatable bonds is 3. The summed E-state index contributed by atoms with van der Waals surface area (Å²) in [5.74, 6) is 0.586. The second kappa shape index (κ2) is 5.77. The third kappa shape index (κ3) is 2.91. The number of non-ortho nitro benzene ring substituents is 1. The number of nitro benzene ring substituents is 1. The maximum Gasteiger partial charge on any atom is 0.269 e. The lowest BCUT2D eigenvalue weighted by Gasteiger charge is -2.10. The first-order valence-electron chi connectivity index (χ1n) is 6.61. The van der Waals surface area contributed by atoms with Crippen molar-refractivity contribution in [1.29, 1.82) is 0 Å². The molecule has 0 unspecified atom stereocenters. The highest BCUT2D eigenvalue weighted by molar-refractivity contribution is 6.34. The summed E-state index contributed by atoms with van der Waals surface area (Å²) in [5.41, 5.74) is 1.12. The van der Waals surface area contributed by atoms with Crippen LogP contribution in [0.15, 0.2) is 30.3 Å². The minimum Gasteiger partial charge on any atom is -0.454 e. The fourth-order valence-corrected chi connectivity index (χ4v) is 2.42. The molecule has 0 radical (unpaired) electrons. The fourth-order valence-electron chi connectivity index (χ4n) is 2.22. The van der Waals surface area contributed by atoms with Crippen molar-refractivity contribution in [2.45, 2.75) is 6.92 Å². The topological polar surface area (TPSA) is 90.7 Å². The van der Waals surface area contributed by atoms with E-state index in [4.69, 9.17) is 21.1 Å². The average Bonchev–Trinajstić information content (AvgIpc) is 2.94. The Kier molecular flexibility index (Phi) is 3.79. The zero-order valence-corrected chi connectivity index (χ0v) is 12.7. The molecule has 23 heavy (non-hydrogen) atoms. The number of nitrogens with zero attached hydrogens (tertiary/aromatic N) is 1. The third-order valence-electron chi connectivity index (χ3n) is 3.38. The van der Waals surface area contributed by atoms with E-state index in [0.29, 0.717) is 33.3 Å². The van der Waals surface area contributed by atoms with Crippen LogP contribution in [0.3, 0.4) is 0 Å². The van der Waals surface area contributed by atoms with Crippen LogP contribution in [0.1, 0.15) is 15.9 Å². The van der Waals surface area contributed by atoms with Gasteiger partial charge in [-0.1, -0.05) is 11.6 Å². The van der Waals surface area contributed by atoms with E-state index in [1.165, 1.54) is 18.2 Å². The molecule has 0 atom stereocenters. The standard InChI is InChI=1S/C15H11ClN2O5/c1-8-4-9(18(20)21)2-3-10(8)15(19)17-12-6-14-13(5-11(12)16)22-7-23-14/h2-6H,7H2,1H3,(H,17,19). The number of carbonyl (C=O) groups excluding carboxylic acids is 1. The first-order chi connectivity index (χ1) is 11.0. The molecule has 8 heteroatoms. The van der Waals surface area contributed by atoms with Crippen molar-refractivity contribution in [1.82, 2.24) is 0 Å². The van der Waals surface area contributed by atoms with Gasteiger partial charge >= 0.3 is 0 Å². The largest absolute Gasteiger partial charge is 0.454 e. The number of ether oxygens (including phenoxy) is 2. The molecule has 1 aliphatic heterocycles. The maximum atomic E-state index is 12.4. The van der Waals surface area contributed by atoms with Gasteiger partial charge in [-0.3, -0.25) is 14.9 Å². The Morgan fingerprint density at radius 1 is 1.26 bits per heavy atom. The molecule has 0 spiro atoms. The quantitative estimate of drug-likeness (QED) is 0.684. The van der Waals surface area contributed by atoms with E-state index in [1.807, 2.05) is 0 Å². The van der Waals surface area contributed by atoms with Crippen LogP contribution in [-0.2, 0) is 0 Å². The van der Waals surface area contributed by atoms with Gasteiger partial charge in [0.2, 0.25) is 6.79 Å². The maximum absolute atomic E-state index is 12.4. The number of carbonyl (C=O) groups is 1.